The predicted molar refractivity (Wildman–Crippen MR) is 55.1 cm³/mol. The average molecular weight is 203 g/mol. The second-order valence-corrected chi connectivity index (χ2v) is 3.76. The number of piperidine rings is 1. The predicted octanol–water partition coefficient (Wildman–Crippen LogP) is 0.944. The van der Waals surface area contributed by atoms with Gasteiger partial charge in [-0.15, -0.1) is 0 Å². The third kappa shape index (κ3) is 3.19. The largest absolute Gasteiger partial charge is 0.380 e. The molecule has 0 aromatic heterocycles. The van der Waals surface area contributed by atoms with E-state index in [-0.39, 0.29) is 12.0 Å². The first-order chi connectivity index (χ1) is 6.27. The van der Waals surface area contributed by atoms with Gasteiger partial charge in [0, 0.05) is 26.6 Å². The van der Waals surface area contributed by atoms with Crippen molar-refractivity contribution in [2.24, 2.45) is 0 Å². The van der Waals surface area contributed by atoms with Crippen molar-refractivity contribution in [1.29, 1.82) is 0 Å². The van der Waals surface area contributed by atoms with Crippen LogP contribution < -0.4 is 0 Å². The molecule has 0 aromatic carbocycles. The van der Waals surface area contributed by atoms with Crippen LogP contribution in [0.15, 0.2) is 0 Å². The van der Waals surface area contributed by atoms with Crippen molar-refractivity contribution in [3.05, 3.63) is 0 Å². The number of thiol groups is 1. The number of likely N-dealkylation sites (tertiary alicyclic amines) is 1. The lowest BCUT2D eigenvalue weighted by Gasteiger charge is -2.31. The molecule has 1 aliphatic rings. The highest BCUT2D eigenvalue weighted by Crippen LogP contribution is 2.13. The topological polar surface area (TPSA) is 29.5 Å². The first kappa shape index (κ1) is 10.9. The number of nitrogens with zero attached hydrogens (tertiary/aromatic N) is 1. The molecule has 0 spiro atoms. The summed E-state index contributed by atoms with van der Waals surface area (Å²) in [5.74, 6) is 0.837. The van der Waals surface area contributed by atoms with Gasteiger partial charge in [0.05, 0.1) is 6.10 Å². The Hall–Kier alpha value is -0.220. The van der Waals surface area contributed by atoms with Crippen molar-refractivity contribution < 1.29 is 9.53 Å². The van der Waals surface area contributed by atoms with Crippen molar-refractivity contribution in [2.45, 2.75) is 25.4 Å². The third-order valence-electron chi connectivity index (χ3n) is 2.39. The van der Waals surface area contributed by atoms with E-state index in [0.29, 0.717) is 12.2 Å². The van der Waals surface area contributed by atoms with E-state index in [4.69, 9.17) is 4.74 Å². The molecular formula is C9H17NO2S. The van der Waals surface area contributed by atoms with Crippen LogP contribution in [-0.2, 0) is 9.53 Å². The van der Waals surface area contributed by atoms with Gasteiger partial charge in [0.2, 0.25) is 5.91 Å². The molecule has 1 heterocycles. The Morgan fingerprint density at radius 2 is 2.46 bits per heavy atom. The first-order valence-electron chi connectivity index (χ1n) is 4.69. The number of rotatable bonds is 3. The van der Waals surface area contributed by atoms with Gasteiger partial charge in [-0.25, -0.2) is 0 Å². The maximum Gasteiger partial charge on any atom is 0.223 e. The number of hydrogen-bond acceptors (Lipinski definition) is 3. The molecule has 4 heteroatoms. The van der Waals surface area contributed by atoms with Gasteiger partial charge in [-0.3, -0.25) is 4.79 Å². The monoisotopic (exact) mass is 203 g/mol. The van der Waals surface area contributed by atoms with Crippen LogP contribution in [0.2, 0.25) is 0 Å². The molecule has 3 nitrogen and oxygen atoms in total. The maximum atomic E-state index is 11.5. The van der Waals surface area contributed by atoms with Gasteiger partial charge in [0.1, 0.15) is 0 Å². The molecule has 13 heavy (non-hydrogen) atoms. The molecule has 1 fully saturated rings. The Balaban J connectivity index is 2.37. The maximum absolute atomic E-state index is 11.5. The van der Waals surface area contributed by atoms with Crippen LogP contribution in [0.25, 0.3) is 0 Å². The fourth-order valence-electron chi connectivity index (χ4n) is 1.61. The number of carbonyl (C=O) groups is 1. The van der Waals surface area contributed by atoms with E-state index in [1.165, 1.54) is 0 Å². The normalized spacial score (nSPS) is 23.2. The van der Waals surface area contributed by atoms with Gasteiger partial charge < -0.3 is 9.64 Å². The van der Waals surface area contributed by atoms with Crippen LogP contribution in [0.1, 0.15) is 19.3 Å². The molecule has 1 atom stereocenters. The van der Waals surface area contributed by atoms with Crippen LogP contribution in [-0.4, -0.2) is 42.9 Å². The van der Waals surface area contributed by atoms with Crippen molar-refractivity contribution in [3.63, 3.8) is 0 Å². The zero-order chi connectivity index (χ0) is 9.68. The highest BCUT2D eigenvalue weighted by Gasteiger charge is 2.22. The summed E-state index contributed by atoms with van der Waals surface area (Å²) in [6, 6.07) is 0. The van der Waals surface area contributed by atoms with E-state index in [1.807, 2.05) is 4.90 Å². The van der Waals surface area contributed by atoms with E-state index in [0.717, 1.165) is 25.9 Å². The van der Waals surface area contributed by atoms with Crippen LogP contribution in [0.4, 0.5) is 0 Å². The lowest BCUT2D eigenvalue weighted by Crippen LogP contribution is -2.42. The second-order valence-electron chi connectivity index (χ2n) is 3.31. The van der Waals surface area contributed by atoms with Gasteiger partial charge in [-0.2, -0.15) is 12.6 Å². The minimum absolute atomic E-state index is 0.205. The van der Waals surface area contributed by atoms with E-state index in [1.54, 1.807) is 7.11 Å². The summed E-state index contributed by atoms with van der Waals surface area (Å²) in [5, 5.41) is 0. The molecule has 0 saturated carbocycles. The van der Waals surface area contributed by atoms with Crippen LogP contribution in [0.5, 0.6) is 0 Å². The molecule has 1 rings (SSSR count). The number of methoxy groups -OCH3 is 1. The Bertz CT molecular complexity index is 175. The molecule has 0 bridgehead atoms. The summed E-state index contributed by atoms with van der Waals surface area (Å²) in [4.78, 5) is 13.4. The van der Waals surface area contributed by atoms with E-state index in [2.05, 4.69) is 12.6 Å². The highest BCUT2D eigenvalue weighted by atomic mass is 32.1. The summed E-state index contributed by atoms with van der Waals surface area (Å²) in [7, 11) is 1.71. The molecule has 0 aromatic rings. The SMILES string of the molecule is COC1CCCN(C(=O)CCS)C1. The lowest BCUT2D eigenvalue weighted by molar-refractivity contribution is -0.134. The van der Waals surface area contributed by atoms with E-state index < -0.39 is 0 Å². The quantitative estimate of drug-likeness (QED) is 0.692. The molecule has 0 aliphatic carbocycles. The van der Waals surface area contributed by atoms with Gasteiger partial charge in [-0.1, -0.05) is 0 Å². The Morgan fingerprint density at radius 1 is 1.69 bits per heavy atom. The van der Waals surface area contributed by atoms with Crippen LogP contribution in [0, 0.1) is 0 Å². The lowest BCUT2D eigenvalue weighted by atomic mass is 10.1. The third-order valence-corrected chi connectivity index (χ3v) is 2.61. The number of hydrogen-bond donors (Lipinski definition) is 1. The van der Waals surface area contributed by atoms with Crippen LogP contribution in [0.3, 0.4) is 0 Å². The average Bonchev–Trinajstić information content (AvgIpc) is 2.18. The Kier molecular flexibility index (Phi) is 4.59. The molecule has 76 valence electrons. The number of ether oxygens (including phenoxy) is 1. The van der Waals surface area contributed by atoms with Crippen molar-refractivity contribution >= 4 is 18.5 Å². The van der Waals surface area contributed by atoms with Gasteiger partial charge in [0.15, 0.2) is 0 Å². The standard InChI is InChI=1S/C9H17NO2S/c1-12-8-3-2-5-10(7-8)9(11)4-6-13/h8,13H,2-7H2,1H3. The highest BCUT2D eigenvalue weighted by molar-refractivity contribution is 7.80. The molecule has 1 aliphatic heterocycles. The molecule has 1 unspecified atom stereocenters. The summed E-state index contributed by atoms with van der Waals surface area (Å²) in [6.45, 7) is 1.63. The first-order valence-corrected chi connectivity index (χ1v) is 5.32. The van der Waals surface area contributed by atoms with Crippen LogP contribution >= 0.6 is 12.6 Å². The summed E-state index contributed by atoms with van der Waals surface area (Å²) >= 11 is 4.05. The summed E-state index contributed by atoms with van der Waals surface area (Å²) in [5.41, 5.74) is 0. The van der Waals surface area contributed by atoms with Gasteiger partial charge in [0.25, 0.3) is 0 Å². The van der Waals surface area contributed by atoms with Crippen molar-refractivity contribution in [2.75, 3.05) is 26.0 Å². The fraction of sp³-hybridized carbons (Fsp3) is 0.889. The molecular weight excluding hydrogens is 186 g/mol. The molecule has 0 radical (unpaired) electrons. The summed E-state index contributed by atoms with van der Waals surface area (Å²) < 4.78 is 5.24. The van der Waals surface area contributed by atoms with Crippen molar-refractivity contribution in [1.82, 2.24) is 4.90 Å². The van der Waals surface area contributed by atoms with E-state index in [9.17, 15) is 4.79 Å². The fourth-order valence-corrected chi connectivity index (χ4v) is 1.80. The summed E-state index contributed by atoms with van der Waals surface area (Å²) in [6.07, 6.45) is 2.90. The van der Waals surface area contributed by atoms with Crippen molar-refractivity contribution in [3.8, 4) is 0 Å². The Labute approximate surface area is 84.8 Å². The smallest absolute Gasteiger partial charge is 0.223 e. The van der Waals surface area contributed by atoms with Gasteiger partial charge in [-0.05, 0) is 18.6 Å². The molecule has 1 saturated heterocycles. The number of carbonyl (C=O) groups excluding carboxylic acids is 1. The minimum Gasteiger partial charge on any atom is -0.380 e. The zero-order valence-electron chi connectivity index (χ0n) is 8.03. The molecule has 1 amide bonds. The number of amides is 1. The minimum atomic E-state index is 0.205. The van der Waals surface area contributed by atoms with Gasteiger partial charge >= 0.3 is 0 Å². The van der Waals surface area contributed by atoms with E-state index >= 15 is 0 Å². The molecule has 0 N–H and O–H groups in total. The second kappa shape index (κ2) is 5.50. The zero-order valence-corrected chi connectivity index (χ0v) is 8.93. The Morgan fingerprint density at radius 3 is 3.08 bits per heavy atom.